The van der Waals surface area contributed by atoms with Gasteiger partial charge < -0.3 is 25.6 Å². The summed E-state index contributed by atoms with van der Waals surface area (Å²) in [5.74, 6) is 0. The lowest BCUT2D eigenvalue weighted by Gasteiger charge is -2.43. The third-order valence-corrected chi connectivity index (χ3v) is 3.37. The first-order valence-corrected chi connectivity index (χ1v) is 6.05. The van der Waals surface area contributed by atoms with Gasteiger partial charge in [0.2, 0.25) is 0 Å². The molecular formula is C12H20N2O5. The van der Waals surface area contributed by atoms with E-state index >= 15 is 0 Å². The normalized spacial score (nSPS) is 30.4. The summed E-state index contributed by atoms with van der Waals surface area (Å²) >= 11 is 0. The third kappa shape index (κ3) is 4.44. The first-order valence-electron chi connectivity index (χ1n) is 6.05. The average molecular weight is 272 g/mol. The van der Waals surface area contributed by atoms with Crippen LogP contribution in [0.3, 0.4) is 0 Å². The molecule has 0 aromatic carbocycles. The lowest BCUT2D eigenvalue weighted by atomic mass is 9.75. The Morgan fingerprint density at radius 2 is 2.11 bits per heavy atom. The molecule has 0 aromatic rings. The van der Waals surface area contributed by atoms with E-state index in [2.05, 4.69) is 17.2 Å². The average Bonchev–Trinajstić information content (AvgIpc) is 2.26. The van der Waals surface area contributed by atoms with E-state index in [0.717, 1.165) is 0 Å². The highest BCUT2D eigenvalue weighted by molar-refractivity contribution is 5.66. The zero-order valence-electron chi connectivity index (χ0n) is 10.9. The second kappa shape index (κ2) is 6.42. The molecule has 0 heterocycles. The molecule has 19 heavy (non-hydrogen) atoms. The number of carbonyl (C=O) groups is 2. The van der Waals surface area contributed by atoms with Crippen molar-refractivity contribution < 1.29 is 24.5 Å². The van der Waals surface area contributed by atoms with Crippen molar-refractivity contribution in [2.75, 3.05) is 7.11 Å². The van der Waals surface area contributed by atoms with E-state index in [1.807, 2.05) is 0 Å². The maximum absolute atomic E-state index is 10.9. The van der Waals surface area contributed by atoms with Crippen LogP contribution in [0, 0.1) is 0 Å². The summed E-state index contributed by atoms with van der Waals surface area (Å²) in [7, 11) is 1.53. The molecule has 0 saturated heterocycles. The molecule has 7 heteroatoms. The van der Waals surface area contributed by atoms with Crippen LogP contribution in [0.4, 0.5) is 9.59 Å². The van der Waals surface area contributed by atoms with Crippen LogP contribution in [-0.4, -0.2) is 47.2 Å². The predicted octanol–water partition coefficient (Wildman–Crippen LogP) is 1.40. The molecule has 108 valence electrons. The number of nitrogens with one attached hydrogen (secondary N) is 2. The summed E-state index contributed by atoms with van der Waals surface area (Å²) in [6.45, 7) is 3.63. The Labute approximate surface area is 111 Å². The number of methoxy groups -OCH3 is 1. The quantitative estimate of drug-likeness (QED) is 0.566. The minimum absolute atomic E-state index is 0.197. The van der Waals surface area contributed by atoms with Crippen molar-refractivity contribution in [1.29, 1.82) is 0 Å². The molecule has 1 aliphatic carbocycles. The molecule has 1 rings (SSSR count). The molecule has 0 bridgehead atoms. The number of ether oxygens (including phenoxy) is 1. The second-order valence-corrected chi connectivity index (χ2v) is 4.85. The van der Waals surface area contributed by atoms with E-state index in [1.165, 1.54) is 7.11 Å². The Kier molecular flexibility index (Phi) is 5.17. The van der Waals surface area contributed by atoms with Crippen molar-refractivity contribution in [3.05, 3.63) is 12.7 Å². The van der Waals surface area contributed by atoms with Gasteiger partial charge in [-0.05, 0) is 25.7 Å². The van der Waals surface area contributed by atoms with Gasteiger partial charge in [0.05, 0.1) is 11.6 Å². The van der Waals surface area contributed by atoms with Gasteiger partial charge in [-0.25, -0.2) is 9.59 Å². The summed E-state index contributed by atoms with van der Waals surface area (Å²) in [4.78, 5) is 21.7. The molecule has 1 aliphatic rings. The largest absolute Gasteiger partial charge is 0.465 e. The highest BCUT2D eigenvalue weighted by Gasteiger charge is 2.41. The molecule has 0 spiro atoms. The van der Waals surface area contributed by atoms with Crippen molar-refractivity contribution in [3.8, 4) is 0 Å². The van der Waals surface area contributed by atoms with Gasteiger partial charge in [-0.3, -0.25) is 0 Å². The van der Waals surface area contributed by atoms with Crippen LogP contribution >= 0.6 is 0 Å². The minimum Gasteiger partial charge on any atom is -0.465 e. The summed E-state index contributed by atoms with van der Waals surface area (Å²) in [6, 6.07) is -0.344. The highest BCUT2D eigenvalue weighted by Crippen LogP contribution is 2.33. The Morgan fingerprint density at radius 3 is 2.58 bits per heavy atom. The fourth-order valence-electron chi connectivity index (χ4n) is 2.76. The van der Waals surface area contributed by atoms with Crippen LogP contribution in [0.2, 0.25) is 0 Å². The predicted molar refractivity (Wildman–Crippen MR) is 68.3 cm³/mol. The van der Waals surface area contributed by atoms with E-state index < -0.39 is 17.7 Å². The molecule has 0 aliphatic heterocycles. The Bertz CT molecular complexity index is 360. The Hall–Kier alpha value is -1.76. The molecule has 0 aromatic heterocycles. The van der Waals surface area contributed by atoms with E-state index in [9.17, 15) is 9.59 Å². The maximum Gasteiger partial charge on any atom is 0.405 e. The molecular weight excluding hydrogens is 252 g/mol. The van der Waals surface area contributed by atoms with Crippen LogP contribution in [-0.2, 0) is 4.74 Å². The second-order valence-electron chi connectivity index (χ2n) is 4.85. The van der Waals surface area contributed by atoms with Gasteiger partial charge >= 0.3 is 12.2 Å². The molecule has 1 saturated carbocycles. The number of hydrogen-bond acceptors (Lipinski definition) is 3. The van der Waals surface area contributed by atoms with Gasteiger partial charge in [-0.15, -0.1) is 6.58 Å². The SMILES string of the molecule is C=CC[C@@]1(NC(=O)O)C[C@H](NC(=O)O)C[C@H](OC)C1. The van der Waals surface area contributed by atoms with Crippen LogP contribution in [0.15, 0.2) is 12.7 Å². The first-order chi connectivity index (χ1) is 8.90. The van der Waals surface area contributed by atoms with Crippen molar-refractivity contribution in [3.63, 3.8) is 0 Å². The molecule has 3 atom stereocenters. The number of carboxylic acid groups (broad SMARTS) is 2. The fraction of sp³-hybridized carbons (Fsp3) is 0.667. The van der Waals surface area contributed by atoms with Crippen LogP contribution in [0.25, 0.3) is 0 Å². The Morgan fingerprint density at radius 1 is 1.42 bits per heavy atom. The van der Waals surface area contributed by atoms with Crippen molar-refractivity contribution in [2.24, 2.45) is 0 Å². The van der Waals surface area contributed by atoms with E-state index in [4.69, 9.17) is 14.9 Å². The number of amides is 2. The smallest absolute Gasteiger partial charge is 0.405 e. The summed E-state index contributed by atoms with van der Waals surface area (Å²) in [5.41, 5.74) is -0.736. The van der Waals surface area contributed by atoms with Gasteiger partial charge in [0, 0.05) is 13.2 Å². The minimum atomic E-state index is -1.13. The van der Waals surface area contributed by atoms with Gasteiger partial charge in [0.1, 0.15) is 0 Å². The van der Waals surface area contributed by atoms with Crippen LogP contribution in [0.1, 0.15) is 25.7 Å². The van der Waals surface area contributed by atoms with E-state index in [-0.39, 0.29) is 12.1 Å². The molecule has 7 nitrogen and oxygen atoms in total. The zero-order valence-corrected chi connectivity index (χ0v) is 10.9. The molecule has 1 fully saturated rings. The zero-order chi connectivity index (χ0) is 14.5. The lowest BCUT2D eigenvalue weighted by molar-refractivity contribution is 0.0192. The maximum atomic E-state index is 10.9. The van der Waals surface area contributed by atoms with Crippen LogP contribution < -0.4 is 10.6 Å². The van der Waals surface area contributed by atoms with E-state index in [1.54, 1.807) is 6.08 Å². The standard InChI is InChI=1S/C12H20N2O5/c1-3-4-12(14-11(17)18)6-8(13-10(15)16)5-9(7-12)19-2/h3,8-9,13-14H,1,4-7H2,2H3,(H,15,16)(H,17,18)/t8-,9+,12-/m1/s1. The number of rotatable bonds is 5. The van der Waals surface area contributed by atoms with Crippen molar-refractivity contribution in [1.82, 2.24) is 10.6 Å². The summed E-state index contributed by atoms with van der Waals surface area (Å²) in [6.07, 6.45) is 1.03. The van der Waals surface area contributed by atoms with Gasteiger partial charge in [-0.1, -0.05) is 6.08 Å². The number of hydrogen-bond donors (Lipinski definition) is 4. The van der Waals surface area contributed by atoms with Gasteiger partial charge in [0.25, 0.3) is 0 Å². The molecule has 0 radical (unpaired) electrons. The fourth-order valence-corrected chi connectivity index (χ4v) is 2.76. The summed E-state index contributed by atoms with van der Waals surface area (Å²) < 4.78 is 5.29. The highest BCUT2D eigenvalue weighted by atomic mass is 16.5. The monoisotopic (exact) mass is 272 g/mol. The van der Waals surface area contributed by atoms with Gasteiger partial charge in [-0.2, -0.15) is 0 Å². The molecule has 0 unspecified atom stereocenters. The summed E-state index contributed by atoms with van der Waals surface area (Å²) in [5, 5.41) is 22.7. The lowest BCUT2D eigenvalue weighted by Crippen LogP contribution is -2.58. The van der Waals surface area contributed by atoms with Crippen molar-refractivity contribution >= 4 is 12.2 Å². The third-order valence-electron chi connectivity index (χ3n) is 3.37. The van der Waals surface area contributed by atoms with Crippen molar-refractivity contribution in [2.45, 2.75) is 43.4 Å². The Balaban J connectivity index is 2.89. The van der Waals surface area contributed by atoms with E-state index in [0.29, 0.717) is 25.7 Å². The molecule has 2 amide bonds. The van der Waals surface area contributed by atoms with Crippen LogP contribution in [0.5, 0.6) is 0 Å². The topological polar surface area (TPSA) is 108 Å². The molecule has 4 N–H and O–H groups in total. The first kappa shape index (κ1) is 15.3. The van der Waals surface area contributed by atoms with Gasteiger partial charge in [0.15, 0.2) is 0 Å².